The first-order valence-electron chi connectivity index (χ1n) is 8.37. The highest BCUT2D eigenvalue weighted by Crippen LogP contribution is 2.30. The van der Waals surface area contributed by atoms with E-state index in [4.69, 9.17) is 0 Å². The first kappa shape index (κ1) is 16.5. The van der Waals surface area contributed by atoms with Crippen molar-refractivity contribution in [3.63, 3.8) is 0 Å². The Morgan fingerprint density at radius 3 is 2.46 bits per heavy atom. The minimum atomic E-state index is -1.12. The summed E-state index contributed by atoms with van der Waals surface area (Å²) in [7, 11) is 0. The van der Waals surface area contributed by atoms with Crippen LogP contribution in [0.5, 0.6) is 0 Å². The van der Waals surface area contributed by atoms with Crippen LogP contribution in [0.2, 0.25) is 0 Å². The Balaban J connectivity index is 1.78. The van der Waals surface area contributed by atoms with Gasteiger partial charge in [-0.25, -0.2) is 4.79 Å². The Morgan fingerprint density at radius 2 is 1.92 bits per heavy atom. The number of rotatable bonds is 5. The van der Waals surface area contributed by atoms with Gasteiger partial charge in [0.2, 0.25) is 5.91 Å². The Bertz CT molecular complexity index is 681. The standard InChI is InChI=1S/C18H23N3O3/c1-4-20(14-9-10-14)15(22)11-21-16(23)18(3,19-17(21)24)13-7-5-12(2)6-8-13/h5-8,14H,4,9-11H2,1-3H3,(H,19,24)/t18-/m0/s1. The Morgan fingerprint density at radius 1 is 1.29 bits per heavy atom. The van der Waals surface area contributed by atoms with E-state index < -0.39 is 11.6 Å². The van der Waals surface area contributed by atoms with Gasteiger partial charge in [-0.15, -0.1) is 0 Å². The first-order chi connectivity index (χ1) is 11.4. The number of nitrogens with one attached hydrogen (secondary N) is 1. The average molecular weight is 329 g/mol. The monoisotopic (exact) mass is 329 g/mol. The van der Waals surface area contributed by atoms with E-state index in [0.29, 0.717) is 6.54 Å². The minimum Gasteiger partial charge on any atom is -0.338 e. The van der Waals surface area contributed by atoms with E-state index in [0.717, 1.165) is 28.9 Å². The molecule has 6 nitrogen and oxygen atoms in total. The molecule has 1 saturated carbocycles. The summed E-state index contributed by atoms with van der Waals surface area (Å²) < 4.78 is 0. The van der Waals surface area contributed by atoms with Gasteiger partial charge < -0.3 is 10.2 Å². The molecule has 3 rings (SSSR count). The zero-order chi connectivity index (χ0) is 17.5. The third-order valence-corrected chi connectivity index (χ3v) is 4.85. The first-order valence-corrected chi connectivity index (χ1v) is 8.37. The predicted molar refractivity (Wildman–Crippen MR) is 89.2 cm³/mol. The lowest BCUT2D eigenvalue weighted by molar-refractivity contribution is -0.139. The summed E-state index contributed by atoms with van der Waals surface area (Å²) >= 11 is 0. The Labute approximate surface area is 141 Å². The number of hydrogen-bond donors (Lipinski definition) is 1. The van der Waals surface area contributed by atoms with Crippen molar-refractivity contribution >= 4 is 17.8 Å². The third-order valence-electron chi connectivity index (χ3n) is 4.85. The molecule has 1 aliphatic heterocycles. The maximum atomic E-state index is 12.8. The summed E-state index contributed by atoms with van der Waals surface area (Å²) in [6.45, 7) is 5.96. The summed E-state index contributed by atoms with van der Waals surface area (Å²) in [6.07, 6.45) is 2.00. The molecule has 6 heteroatoms. The molecule has 2 fully saturated rings. The molecule has 1 saturated heterocycles. The number of nitrogens with zero attached hydrogens (tertiary/aromatic N) is 2. The largest absolute Gasteiger partial charge is 0.338 e. The zero-order valence-corrected chi connectivity index (χ0v) is 14.3. The molecule has 1 aromatic rings. The smallest absolute Gasteiger partial charge is 0.325 e. The Hall–Kier alpha value is -2.37. The van der Waals surface area contributed by atoms with Crippen LogP contribution < -0.4 is 5.32 Å². The molecule has 0 radical (unpaired) electrons. The molecule has 0 bridgehead atoms. The van der Waals surface area contributed by atoms with Crippen LogP contribution in [0.3, 0.4) is 0 Å². The molecule has 1 heterocycles. The lowest BCUT2D eigenvalue weighted by Crippen LogP contribution is -2.45. The van der Waals surface area contributed by atoms with Crippen molar-refractivity contribution in [2.75, 3.05) is 13.1 Å². The van der Waals surface area contributed by atoms with Crippen LogP contribution in [0.4, 0.5) is 4.79 Å². The fraction of sp³-hybridized carbons (Fsp3) is 0.500. The summed E-state index contributed by atoms with van der Waals surface area (Å²) in [5.41, 5.74) is 0.673. The number of imide groups is 1. The van der Waals surface area contributed by atoms with Gasteiger partial charge in [-0.3, -0.25) is 14.5 Å². The van der Waals surface area contributed by atoms with E-state index in [-0.39, 0.29) is 24.4 Å². The molecule has 1 aromatic carbocycles. The van der Waals surface area contributed by atoms with Crippen LogP contribution in [0.1, 0.15) is 37.8 Å². The molecule has 128 valence electrons. The van der Waals surface area contributed by atoms with Crippen molar-refractivity contribution in [2.45, 2.75) is 45.2 Å². The molecule has 1 atom stereocenters. The molecule has 1 N–H and O–H groups in total. The normalized spacial score (nSPS) is 23.4. The fourth-order valence-corrected chi connectivity index (χ4v) is 3.17. The van der Waals surface area contributed by atoms with Gasteiger partial charge in [-0.1, -0.05) is 29.8 Å². The van der Waals surface area contributed by atoms with Crippen molar-refractivity contribution in [1.82, 2.24) is 15.1 Å². The van der Waals surface area contributed by atoms with E-state index in [9.17, 15) is 14.4 Å². The van der Waals surface area contributed by atoms with Gasteiger partial charge in [-0.05, 0) is 39.2 Å². The molecule has 1 aliphatic carbocycles. The van der Waals surface area contributed by atoms with Crippen molar-refractivity contribution in [2.24, 2.45) is 0 Å². The molecule has 0 spiro atoms. The molecular formula is C18H23N3O3. The topological polar surface area (TPSA) is 69.7 Å². The summed E-state index contributed by atoms with van der Waals surface area (Å²) in [5, 5.41) is 2.74. The van der Waals surface area contributed by atoms with Crippen LogP contribution >= 0.6 is 0 Å². The predicted octanol–water partition coefficient (Wildman–Crippen LogP) is 1.77. The van der Waals surface area contributed by atoms with Gasteiger partial charge in [0, 0.05) is 12.6 Å². The second-order valence-corrected chi connectivity index (χ2v) is 6.72. The molecule has 0 aromatic heterocycles. The highest BCUT2D eigenvalue weighted by atomic mass is 16.2. The number of urea groups is 1. The Kier molecular flexibility index (Phi) is 4.07. The van der Waals surface area contributed by atoms with Gasteiger partial charge in [0.05, 0.1) is 0 Å². The molecular weight excluding hydrogens is 306 g/mol. The van der Waals surface area contributed by atoms with Gasteiger partial charge in [0.1, 0.15) is 12.1 Å². The van der Waals surface area contributed by atoms with Gasteiger partial charge >= 0.3 is 6.03 Å². The lowest BCUT2D eigenvalue weighted by Gasteiger charge is -2.24. The lowest BCUT2D eigenvalue weighted by atomic mass is 9.91. The average Bonchev–Trinajstić information content (AvgIpc) is 3.34. The molecule has 0 unspecified atom stereocenters. The van der Waals surface area contributed by atoms with Gasteiger partial charge in [-0.2, -0.15) is 0 Å². The third kappa shape index (κ3) is 2.77. The summed E-state index contributed by atoms with van der Waals surface area (Å²) in [4.78, 5) is 40.4. The summed E-state index contributed by atoms with van der Waals surface area (Å²) in [6, 6.07) is 7.23. The van der Waals surface area contributed by atoms with E-state index in [1.165, 1.54) is 0 Å². The number of hydrogen-bond acceptors (Lipinski definition) is 3. The van der Waals surface area contributed by atoms with Crippen LogP contribution in [-0.4, -0.2) is 46.8 Å². The second kappa shape index (κ2) is 5.92. The van der Waals surface area contributed by atoms with E-state index in [1.54, 1.807) is 11.8 Å². The minimum absolute atomic E-state index is 0.170. The van der Waals surface area contributed by atoms with Crippen LogP contribution in [0, 0.1) is 6.92 Å². The van der Waals surface area contributed by atoms with E-state index in [2.05, 4.69) is 5.32 Å². The van der Waals surface area contributed by atoms with E-state index >= 15 is 0 Å². The van der Waals surface area contributed by atoms with Crippen molar-refractivity contribution in [3.05, 3.63) is 35.4 Å². The van der Waals surface area contributed by atoms with Crippen molar-refractivity contribution < 1.29 is 14.4 Å². The maximum Gasteiger partial charge on any atom is 0.325 e. The summed E-state index contributed by atoms with van der Waals surface area (Å²) in [5.74, 6) is -0.548. The number of carbonyl (C=O) groups excluding carboxylic acids is 3. The number of carbonyl (C=O) groups is 3. The SMILES string of the molecule is CCN(C(=O)CN1C(=O)N[C@@](C)(c2ccc(C)cc2)C1=O)C1CC1. The van der Waals surface area contributed by atoms with Crippen LogP contribution in [0.15, 0.2) is 24.3 Å². The van der Waals surface area contributed by atoms with Crippen LogP contribution in [0.25, 0.3) is 0 Å². The zero-order valence-electron chi connectivity index (χ0n) is 14.3. The quantitative estimate of drug-likeness (QED) is 0.837. The fourth-order valence-electron chi connectivity index (χ4n) is 3.17. The number of aryl methyl sites for hydroxylation is 1. The van der Waals surface area contributed by atoms with E-state index in [1.807, 2.05) is 38.1 Å². The van der Waals surface area contributed by atoms with Gasteiger partial charge in [0.25, 0.3) is 5.91 Å². The second-order valence-electron chi connectivity index (χ2n) is 6.72. The molecule has 4 amide bonds. The van der Waals surface area contributed by atoms with Crippen molar-refractivity contribution in [1.29, 1.82) is 0 Å². The highest BCUT2D eigenvalue weighted by Gasteiger charge is 2.50. The maximum absolute atomic E-state index is 12.8. The molecule has 24 heavy (non-hydrogen) atoms. The molecule has 2 aliphatic rings. The van der Waals surface area contributed by atoms with Crippen molar-refractivity contribution in [3.8, 4) is 0 Å². The number of amides is 4. The van der Waals surface area contributed by atoms with Gasteiger partial charge in [0.15, 0.2) is 0 Å². The number of benzene rings is 1. The highest BCUT2D eigenvalue weighted by molar-refractivity contribution is 6.09. The number of likely N-dealkylation sites (N-methyl/N-ethyl adjacent to an activating group) is 1. The van der Waals surface area contributed by atoms with Crippen LogP contribution in [-0.2, 0) is 15.1 Å².